The van der Waals surface area contributed by atoms with Crippen molar-refractivity contribution in [1.82, 2.24) is 0 Å². The van der Waals surface area contributed by atoms with Gasteiger partial charge in [0.1, 0.15) is 0 Å². The van der Waals surface area contributed by atoms with Crippen molar-refractivity contribution in [2.75, 3.05) is 0 Å². The smallest absolute Gasteiger partial charge is 0.0925 e. The van der Waals surface area contributed by atoms with E-state index in [0.717, 1.165) is 12.0 Å². The van der Waals surface area contributed by atoms with Gasteiger partial charge in [0.05, 0.1) is 5.76 Å². The molecule has 0 radical (unpaired) electrons. The van der Waals surface area contributed by atoms with E-state index in [2.05, 4.69) is 6.58 Å². The van der Waals surface area contributed by atoms with E-state index in [-0.39, 0.29) is 11.7 Å². The second-order valence-corrected chi connectivity index (χ2v) is 2.86. The maximum Gasteiger partial charge on any atom is 0.0925 e. The highest BCUT2D eigenvalue weighted by atomic mass is 16.3. The molecule has 1 N–H and O–H groups in total. The molecule has 0 spiro atoms. The fourth-order valence-corrected chi connectivity index (χ4v) is 1.35. The number of allylic oxidation sites excluding steroid dienone is 1. The van der Waals surface area contributed by atoms with Gasteiger partial charge in [-0.3, -0.25) is 0 Å². The highest BCUT2D eigenvalue weighted by Crippen LogP contribution is 2.24. The van der Waals surface area contributed by atoms with Crippen molar-refractivity contribution in [3.8, 4) is 0 Å². The number of rotatable bonds is 3. The minimum atomic E-state index is 0.0891. The van der Waals surface area contributed by atoms with Crippen LogP contribution < -0.4 is 0 Å². The van der Waals surface area contributed by atoms with Crippen LogP contribution in [0.4, 0.5) is 0 Å². The first-order valence-electron chi connectivity index (χ1n) is 4.18. The Kier molecular flexibility index (Phi) is 2.92. The molecule has 1 rings (SSSR count). The van der Waals surface area contributed by atoms with Gasteiger partial charge in [-0.25, -0.2) is 0 Å². The maximum atomic E-state index is 9.27. The van der Waals surface area contributed by atoms with Crippen molar-refractivity contribution in [2.24, 2.45) is 0 Å². The van der Waals surface area contributed by atoms with Crippen molar-refractivity contribution < 1.29 is 5.11 Å². The monoisotopic (exact) mass is 162 g/mol. The van der Waals surface area contributed by atoms with Crippen molar-refractivity contribution in [3.05, 3.63) is 48.2 Å². The Morgan fingerprint density at radius 1 is 1.42 bits per heavy atom. The molecule has 1 heteroatoms. The number of aliphatic hydroxyl groups excluding tert-OH is 1. The van der Waals surface area contributed by atoms with Crippen molar-refractivity contribution in [2.45, 2.75) is 19.3 Å². The highest BCUT2D eigenvalue weighted by Gasteiger charge is 2.10. The molecule has 0 aliphatic carbocycles. The summed E-state index contributed by atoms with van der Waals surface area (Å²) in [5, 5.41) is 9.27. The summed E-state index contributed by atoms with van der Waals surface area (Å²) in [6.45, 7) is 5.60. The van der Waals surface area contributed by atoms with Crippen LogP contribution in [0.1, 0.15) is 24.8 Å². The molecule has 0 fully saturated rings. The van der Waals surface area contributed by atoms with Crippen LogP contribution in [-0.4, -0.2) is 5.11 Å². The van der Waals surface area contributed by atoms with Crippen LogP contribution >= 0.6 is 0 Å². The second kappa shape index (κ2) is 3.96. The minimum Gasteiger partial charge on any atom is -0.512 e. The van der Waals surface area contributed by atoms with Crippen LogP contribution in [0.25, 0.3) is 0 Å². The van der Waals surface area contributed by atoms with E-state index in [0.29, 0.717) is 0 Å². The summed E-state index contributed by atoms with van der Waals surface area (Å²) in [4.78, 5) is 0. The van der Waals surface area contributed by atoms with E-state index < -0.39 is 0 Å². The van der Waals surface area contributed by atoms with E-state index >= 15 is 0 Å². The van der Waals surface area contributed by atoms with Crippen LogP contribution in [0.5, 0.6) is 0 Å². The lowest BCUT2D eigenvalue weighted by molar-refractivity contribution is 0.366. The second-order valence-electron chi connectivity index (χ2n) is 2.86. The standard InChI is InChI=1S/C11H14O/c1-3-11(9(2)12)10-7-5-4-6-8-10/h4-8,11-12H,2-3H2,1H3. The maximum absolute atomic E-state index is 9.27. The Bertz CT molecular complexity index is 251. The van der Waals surface area contributed by atoms with Crippen molar-refractivity contribution in [1.29, 1.82) is 0 Å². The molecular formula is C11H14O. The molecule has 1 aromatic rings. The summed E-state index contributed by atoms with van der Waals surface area (Å²) in [5.41, 5.74) is 1.13. The fraction of sp³-hybridized carbons (Fsp3) is 0.273. The predicted octanol–water partition coefficient (Wildman–Crippen LogP) is 3.25. The van der Waals surface area contributed by atoms with Gasteiger partial charge in [-0.1, -0.05) is 43.8 Å². The molecule has 0 saturated carbocycles. The molecule has 64 valence electrons. The Labute approximate surface area is 73.4 Å². The Morgan fingerprint density at radius 2 is 2.00 bits per heavy atom. The van der Waals surface area contributed by atoms with Gasteiger partial charge >= 0.3 is 0 Å². The third-order valence-corrected chi connectivity index (χ3v) is 2.01. The van der Waals surface area contributed by atoms with Gasteiger partial charge in [-0.2, -0.15) is 0 Å². The molecule has 1 atom stereocenters. The average molecular weight is 162 g/mol. The lowest BCUT2D eigenvalue weighted by atomic mass is 9.95. The summed E-state index contributed by atoms with van der Waals surface area (Å²) in [5.74, 6) is 0.342. The van der Waals surface area contributed by atoms with Crippen LogP contribution in [-0.2, 0) is 0 Å². The summed E-state index contributed by atoms with van der Waals surface area (Å²) >= 11 is 0. The van der Waals surface area contributed by atoms with Gasteiger partial charge in [0, 0.05) is 5.92 Å². The van der Waals surface area contributed by atoms with Gasteiger partial charge in [0.25, 0.3) is 0 Å². The van der Waals surface area contributed by atoms with Crippen LogP contribution in [0.3, 0.4) is 0 Å². The van der Waals surface area contributed by atoms with Gasteiger partial charge in [0.2, 0.25) is 0 Å². The van der Waals surface area contributed by atoms with E-state index in [9.17, 15) is 5.11 Å². The van der Waals surface area contributed by atoms with E-state index in [1.54, 1.807) is 0 Å². The van der Waals surface area contributed by atoms with E-state index in [4.69, 9.17) is 0 Å². The fourth-order valence-electron chi connectivity index (χ4n) is 1.35. The van der Waals surface area contributed by atoms with Crippen LogP contribution in [0, 0.1) is 0 Å². The van der Waals surface area contributed by atoms with E-state index in [1.165, 1.54) is 0 Å². The number of hydrogen-bond acceptors (Lipinski definition) is 1. The van der Waals surface area contributed by atoms with Crippen molar-refractivity contribution in [3.63, 3.8) is 0 Å². The Morgan fingerprint density at radius 3 is 2.42 bits per heavy atom. The normalized spacial score (nSPS) is 12.4. The molecular weight excluding hydrogens is 148 g/mol. The molecule has 1 unspecified atom stereocenters. The summed E-state index contributed by atoms with van der Waals surface area (Å²) in [7, 11) is 0. The summed E-state index contributed by atoms with van der Waals surface area (Å²) in [6.07, 6.45) is 0.888. The summed E-state index contributed by atoms with van der Waals surface area (Å²) < 4.78 is 0. The van der Waals surface area contributed by atoms with Gasteiger partial charge in [-0.15, -0.1) is 0 Å². The van der Waals surface area contributed by atoms with Crippen molar-refractivity contribution >= 4 is 0 Å². The third kappa shape index (κ3) is 1.88. The Hall–Kier alpha value is -1.24. The minimum absolute atomic E-state index is 0.0891. The molecule has 0 aliphatic rings. The third-order valence-electron chi connectivity index (χ3n) is 2.01. The molecule has 12 heavy (non-hydrogen) atoms. The molecule has 1 nitrogen and oxygen atoms in total. The number of aliphatic hydroxyl groups is 1. The zero-order chi connectivity index (χ0) is 8.97. The summed E-state index contributed by atoms with van der Waals surface area (Å²) in [6, 6.07) is 9.93. The zero-order valence-corrected chi connectivity index (χ0v) is 7.33. The molecule has 0 saturated heterocycles. The molecule has 0 aliphatic heterocycles. The largest absolute Gasteiger partial charge is 0.512 e. The first-order chi connectivity index (χ1) is 5.75. The van der Waals surface area contributed by atoms with Crippen LogP contribution in [0.15, 0.2) is 42.7 Å². The zero-order valence-electron chi connectivity index (χ0n) is 7.33. The quantitative estimate of drug-likeness (QED) is 0.676. The Balaban J connectivity index is 2.88. The lowest BCUT2D eigenvalue weighted by Gasteiger charge is -2.12. The average Bonchev–Trinajstić information content (AvgIpc) is 2.07. The number of hydrogen-bond donors (Lipinski definition) is 1. The first kappa shape index (κ1) is 8.85. The van der Waals surface area contributed by atoms with Gasteiger partial charge in [-0.05, 0) is 12.0 Å². The molecule has 0 bridgehead atoms. The highest BCUT2D eigenvalue weighted by molar-refractivity contribution is 5.24. The topological polar surface area (TPSA) is 20.2 Å². The molecule has 0 heterocycles. The molecule has 1 aromatic carbocycles. The van der Waals surface area contributed by atoms with Crippen LogP contribution in [0.2, 0.25) is 0 Å². The van der Waals surface area contributed by atoms with E-state index in [1.807, 2.05) is 37.3 Å². The lowest BCUT2D eigenvalue weighted by Crippen LogP contribution is -1.99. The molecule has 0 aromatic heterocycles. The van der Waals surface area contributed by atoms with Gasteiger partial charge < -0.3 is 5.11 Å². The number of benzene rings is 1. The predicted molar refractivity (Wildman–Crippen MR) is 51.2 cm³/mol. The molecule has 0 amide bonds. The van der Waals surface area contributed by atoms with Gasteiger partial charge in [0.15, 0.2) is 0 Å². The SMILES string of the molecule is C=C(O)C(CC)c1ccccc1. The first-order valence-corrected chi connectivity index (χ1v) is 4.18.